The van der Waals surface area contributed by atoms with E-state index in [0.29, 0.717) is 0 Å². The first-order valence-electron chi connectivity index (χ1n) is 5.88. The Labute approximate surface area is 103 Å². The van der Waals surface area contributed by atoms with E-state index in [1.807, 2.05) is 30.3 Å². The number of alkyl halides is 1. The van der Waals surface area contributed by atoms with E-state index in [0.717, 1.165) is 30.7 Å². The van der Waals surface area contributed by atoms with Crippen LogP contribution in [0.25, 0.3) is 0 Å². The molecule has 0 saturated heterocycles. The minimum absolute atomic E-state index is 0.0558. The lowest BCUT2D eigenvalue weighted by molar-refractivity contribution is 0.560. The van der Waals surface area contributed by atoms with E-state index in [4.69, 9.17) is 11.6 Å². The summed E-state index contributed by atoms with van der Waals surface area (Å²) < 4.78 is 12.0. The summed E-state index contributed by atoms with van der Waals surface area (Å²) in [6.45, 7) is 0. The van der Waals surface area contributed by atoms with Crippen molar-refractivity contribution >= 4 is 24.7 Å². The van der Waals surface area contributed by atoms with Gasteiger partial charge in [-0.3, -0.25) is 0 Å². The third-order valence-electron chi connectivity index (χ3n) is 3.31. The molecule has 2 rings (SSSR count). The van der Waals surface area contributed by atoms with Crippen LogP contribution in [-0.2, 0) is 4.57 Å². The summed E-state index contributed by atoms with van der Waals surface area (Å²) in [6, 6.07) is 9.71. The van der Waals surface area contributed by atoms with Crippen LogP contribution in [0.15, 0.2) is 30.3 Å². The number of hydrogen-bond donors (Lipinski definition) is 0. The molecule has 0 aromatic heterocycles. The van der Waals surface area contributed by atoms with E-state index >= 15 is 0 Å². The molecule has 1 saturated carbocycles. The van der Waals surface area contributed by atoms with Gasteiger partial charge >= 0.3 is 7.80 Å². The van der Waals surface area contributed by atoms with Gasteiger partial charge in [0.1, 0.15) is 0 Å². The maximum absolute atomic E-state index is 12.0. The standard InChI is InChI=1S/C13H17ClOP/c14-13(8-4-5-9-13)10-11-16(15)12-6-2-1-3-7-12/h1-3,6-7H,4-5,8-11H2/q+1. The SMILES string of the molecule is O=[P+](CCC1(Cl)CCCC1)c1ccccc1. The Balaban J connectivity index is 1.89. The van der Waals surface area contributed by atoms with Crippen LogP contribution in [0, 0.1) is 0 Å². The third kappa shape index (κ3) is 3.06. The van der Waals surface area contributed by atoms with Gasteiger partial charge in [0, 0.05) is 11.3 Å². The zero-order chi connectivity index (χ0) is 11.4. The Morgan fingerprint density at radius 3 is 2.44 bits per heavy atom. The second-order valence-electron chi connectivity index (χ2n) is 4.55. The number of rotatable bonds is 4. The maximum atomic E-state index is 12.0. The van der Waals surface area contributed by atoms with Crippen LogP contribution in [0.3, 0.4) is 0 Å². The Morgan fingerprint density at radius 1 is 1.19 bits per heavy atom. The van der Waals surface area contributed by atoms with E-state index in [-0.39, 0.29) is 4.87 Å². The summed E-state index contributed by atoms with van der Waals surface area (Å²) in [6.07, 6.45) is 6.25. The van der Waals surface area contributed by atoms with Crippen LogP contribution >= 0.6 is 19.4 Å². The summed E-state index contributed by atoms with van der Waals surface area (Å²) in [5, 5.41) is 0.954. The monoisotopic (exact) mass is 255 g/mol. The molecule has 0 heterocycles. The van der Waals surface area contributed by atoms with Gasteiger partial charge in [-0.15, -0.1) is 11.6 Å². The second-order valence-corrected chi connectivity index (χ2v) is 7.07. The molecule has 1 aliphatic rings. The van der Waals surface area contributed by atoms with E-state index < -0.39 is 7.80 Å². The molecule has 16 heavy (non-hydrogen) atoms. The van der Waals surface area contributed by atoms with Crippen LogP contribution in [-0.4, -0.2) is 11.0 Å². The molecule has 0 radical (unpaired) electrons. The highest BCUT2D eigenvalue weighted by Gasteiger charge is 2.34. The molecule has 0 bridgehead atoms. The van der Waals surface area contributed by atoms with Gasteiger partial charge in [0.25, 0.3) is 0 Å². The average Bonchev–Trinajstić information content (AvgIpc) is 2.75. The zero-order valence-electron chi connectivity index (χ0n) is 9.36. The van der Waals surface area contributed by atoms with Crippen molar-refractivity contribution in [2.75, 3.05) is 6.16 Å². The van der Waals surface area contributed by atoms with Gasteiger partial charge in [0.05, 0.1) is 0 Å². The molecular weight excluding hydrogens is 239 g/mol. The number of hydrogen-bond acceptors (Lipinski definition) is 1. The number of halogens is 1. The molecule has 86 valence electrons. The first-order chi connectivity index (χ1) is 7.70. The first-order valence-corrected chi connectivity index (χ1v) is 7.71. The molecule has 0 N–H and O–H groups in total. The average molecular weight is 256 g/mol. The van der Waals surface area contributed by atoms with Crippen molar-refractivity contribution in [2.45, 2.75) is 37.0 Å². The van der Waals surface area contributed by atoms with E-state index in [9.17, 15) is 4.57 Å². The van der Waals surface area contributed by atoms with E-state index in [1.165, 1.54) is 12.8 Å². The lowest BCUT2D eigenvalue weighted by Gasteiger charge is -2.17. The Hall–Kier alpha value is -0.390. The van der Waals surface area contributed by atoms with E-state index in [2.05, 4.69) is 0 Å². The van der Waals surface area contributed by atoms with Crippen LogP contribution in [0.4, 0.5) is 0 Å². The summed E-state index contributed by atoms with van der Waals surface area (Å²) in [5.74, 6) is 0. The van der Waals surface area contributed by atoms with Crippen LogP contribution in [0.5, 0.6) is 0 Å². The normalized spacial score (nSPS) is 19.7. The molecule has 1 aromatic rings. The van der Waals surface area contributed by atoms with Crippen molar-refractivity contribution in [3.8, 4) is 0 Å². The fourth-order valence-electron chi connectivity index (χ4n) is 2.28. The smallest absolute Gasteiger partial charge is 0.119 e. The fraction of sp³-hybridized carbons (Fsp3) is 0.538. The van der Waals surface area contributed by atoms with Gasteiger partial charge in [0.2, 0.25) is 0 Å². The minimum Gasteiger partial charge on any atom is -0.119 e. The molecular formula is C13H17ClOP+. The molecule has 1 nitrogen and oxygen atoms in total. The molecule has 1 aliphatic carbocycles. The Morgan fingerprint density at radius 2 is 1.81 bits per heavy atom. The highest BCUT2D eigenvalue weighted by Crippen LogP contribution is 2.40. The molecule has 1 atom stereocenters. The van der Waals surface area contributed by atoms with Gasteiger partial charge < -0.3 is 0 Å². The molecule has 1 unspecified atom stereocenters. The summed E-state index contributed by atoms with van der Waals surface area (Å²) in [4.78, 5) is -0.0558. The largest absolute Gasteiger partial charge is 0.376 e. The molecule has 3 heteroatoms. The fourth-order valence-corrected chi connectivity index (χ4v) is 4.17. The van der Waals surface area contributed by atoms with Gasteiger partial charge in [-0.1, -0.05) is 35.6 Å². The Bertz CT molecular complexity index is 357. The van der Waals surface area contributed by atoms with Crippen molar-refractivity contribution in [1.29, 1.82) is 0 Å². The van der Waals surface area contributed by atoms with E-state index in [1.54, 1.807) is 0 Å². The Kier molecular flexibility index (Phi) is 4.00. The second kappa shape index (κ2) is 5.29. The van der Waals surface area contributed by atoms with Crippen molar-refractivity contribution in [3.05, 3.63) is 30.3 Å². The van der Waals surface area contributed by atoms with Crippen molar-refractivity contribution in [2.24, 2.45) is 0 Å². The summed E-state index contributed by atoms with van der Waals surface area (Å²) in [7, 11) is -1.26. The molecule has 1 fully saturated rings. The first kappa shape index (κ1) is 12.1. The van der Waals surface area contributed by atoms with Gasteiger partial charge in [-0.25, -0.2) is 0 Å². The van der Waals surface area contributed by atoms with Crippen molar-refractivity contribution in [3.63, 3.8) is 0 Å². The van der Waals surface area contributed by atoms with Crippen molar-refractivity contribution in [1.82, 2.24) is 0 Å². The minimum atomic E-state index is -1.26. The predicted octanol–water partition coefficient (Wildman–Crippen LogP) is 4.08. The van der Waals surface area contributed by atoms with Gasteiger partial charge in [0.15, 0.2) is 11.5 Å². The molecule has 1 aromatic carbocycles. The molecule has 0 amide bonds. The predicted molar refractivity (Wildman–Crippen MR) is 70.2 cm³/mol. The molecule has 0 spiro atoms. The van der Waals surface area contributed by atoms with Crippen LogP contribution in [0.1, 0.15) is 32.1 Å². The lowest BCUT2D eigenvalue weighted by atomic mass is 10.0. The zero-order valence-corrected chi connectivity index (χ0v) is 11.0. The third-order valence-corrected chi connectivity index (χ3v) is 5.38. The van der Waals surface area contributed by atoms with Crippen LogP contribution in [0.2, 0.25) is 0 Å². The summed E-state index contributed by atoms with van der Waals surface area (Å²) >= 11 is 6.47. The summed E-state index contributed by atoms with van der Waals surface area (Å²) in [5.41, 5.74) is 0. The number of benzene rings is 1. The highest BCUT2D eigenvalue weighted by molar-refractivity contribution is 7.53. The van der Waals surface area contributed by atoms with Gasteiger partial charge in [-0.05, 0) is 25.0 Å². The van der Waals surface area contributed by atoms with Crippen molar-refractivity contribution < 1.29 is 4.57 Å². The van der Waals surface area contributed by atoms with Gasteiger partial charge in [-0.2, -0.15) is 0 Å². The lowest BCUT2D eigenvalue weighted by Crippen LogP contribution is -2.17. The maximum Gasteiger partial charge on any atom is 0.376 e. The highest BCUT2D eigenvalue weighted by atomic mass is 35.5. The topological polar surface area (TPSA) is 17.1 Å². The van der Waals surface area contributed by atoms with Crippen LogP contribution < -0.4 is 5.30 Å². The molecule has 0 aliphatic heterocycles. The quantitative estimate of drug-likeness (QED) is 0.585.